The molecule has 2 N–H and O–H groups in total. The third-order valence-corrected chi connectivity index (χ3v) is 2.78. The maximum absolute atomic E-state index is 5.86. The highest BCUT2D eigenvalue weighted by Crippen LogP contribution is 2.22. The molecule has 0 fully saturated rings. The molecule has 1 atom stereocenters. The van der Waals surface area contributed by atoms with Gasteiger partial charge in [0.05, 0.1) is 16.4 Å². The molecule has 5 nitrogen and oxygen atoms in total. The zero-order valence-corrected chi connectivity index (χ0v) is 9.20. The first-order valence-corrected chi connectivity index (χ1v) is 5.67. The minimum Gasteiger partial charge on any atom is -0.337 e. The average molecular weight is 224 g/mol. The van der Waals surface area contributed by atoms with Crippen molar-refractivity contribution in [1.82, 2.24) is 15.1 Å². The van der Waals surface area contributed by atoms with Gasteiger partial charge in [-0.3, -0.25) is 4.98 Å². The van der Waals surface area contributed by atoms with Gasteiger partial charge in [-0.2, -0.15) is 4.98 Å². The third kappa shape index (κ3) is 2.21. The van der Waals surface area contributed by atoms with E-state index in [2.05, 4.69) is 22.0 Å². The summed E-state index contributed by atoms with van der Waals surface area (Å²) in [5.74, 6) is 1.07. The molecule has 80 valence electrons. The molecule has 0 spiro atoms. The van der Waals surface area contributed by atoms with Crippen LogP contribution in [-0.2, 0) is 0 Å². The smallest absolute Gasteiger partial charge is 0.243 e. The summed E-state index contributed by atoms with van der Waals surface area (Å²) in [5, 5.41) is 3.87. The van der Waals surface area contributed by atoms with Gasteiger partial charge in [-0.05, 0) is 6.42 Å². The Labute approximate surface area is 91.3 Å². The Morgan fingerprint density at radius 3 is 3.13 bits per heavy atom. The molecule has 0 aliphatic rings. The Balaban J connectivity index is 2.17. The van der Waals surface area contributed by atoms with Crippen molar-refractivity contribution < 1.29 is 4.52 Å². The lowest BCUT2D eigenvalue weighted by molar-refractivity contribution is 0.348. The first-order valence-electron chi connectivity index (χ1n) is 4.79. The Hall–Kier alpha value is -1.27. The van der Waals surface area contributed by atoms with Crippen LogP contribution >= 0.6 is 11.3 Å². The molecule has 0 amide bonds. The SMILES string of the molecule is CCCC(N)c1nc(-c2cncs2)no1. The molecule has 15 heavy (non-hydrogen) atoms. The number of hydrogen-bond donors (Lipinski definition) is 1. The van der Waals surface area contributed by atoms with Crippen LogP contribution in [0.25, 0.3) is 10.7 Å². The van der Waals surface area contributed by atoms with Gasteiger partial charge in [-0.15, -0.1) is 11.3 Å². The summed E-state index contributed by atoms with van der Waals surface area (Å²) in [6.45, 7) is 2.07. The topological polar surface area (TPSA) is 77.8 Å². The van der Waals surface area contributed by atoms with Crippen molar-refractivity contribution in [2.24, 2.45) is 5.73 Å². The standard InChI is InChI=1S/C9H12N4OS/c1-2-3-6(10)9-12-8(13-14-9)7-4-11-5-15-7/h4-6H,2-3,10H2,1H3. The van der Waals surface area contributed by atoms with Crippen molar-refractivity contribution in [2.45, 2.75) is 25.8 Å². The first-order chi connectivity index (χ1) is 7.31. The van der Waals surface area contributed by atoms with Crippen LogP contribution in [0.3, 0.4) is 0 Å². The van der Waals surface area contributed by atoms with Crippen molar-refractivity contribution in [3.63, 3.8) is 0 Å². The fourth-order valence-corrected chi connectivity index (χ4v) is 1.79. The van der Waals surface area contributed by atoms with Gasteiger partial charge in [-0.1, -0.05) is 18.5 Å². The lowest BCUT2D eigenvalue weighted by Crippen LogP contribution is -2.09. The molecule has 0 saturated carbocycles. The molecule has 6 heteroatoms. The normalized spacial score (nSPS) is 12.9. The lowest BCUT2D eigenvalue weighted by atomic mass is 10.2. The summed E-state index contributed by atoms with van der Waals surface area (Å²) in [4.78, 5) is 9.09. The monoisotopic (exact) mass is 224 g/mol. The number of hydrogen-bond acceptors (Lipinski definition) is 6. The van der Waals surface area contributed by atoms with Gasteiger partial charge >= 0.3 is 0 Å². The molecule has 0 aliphatic carbocycles. The van der Waals surface area contributed by atoms with Crippen LogP contribution in [0.1, 0.15) is 31.7 Å². The predicted octanol–water partition coefficient (Wildman–Crippen LogP) is 1.99. The maximum Gasteiger partial charge on any atom is 0.243 e. The molecule has 2 aromatic rings. The number of nitrogens with two attached hydrogens (primary N) is 1. The van der Waals surface area contributed by atoms with E-state index in [-0.39, 0.29) is 6.04 Å². The summed E-state index contributed by atoms with van der Waals surface area (Å²) < 4.78 is 5.10. The molecule has 0 aromatic carbocycles. The minimum atomic E-state index is -0.163. The van der Waals surface area contributed by atoms with Gasteiger partial charge < -0.3 is 10.3 Å². The average Bonchev–Trinajstić information content (AvgIpc) is 2.89. The van der Waals surface area contributed by atoms with E-state index >= 15 is 0 Å². The first kappa shape index (κ1) is 10.3. The van der Waals surface area contributed by atoms with E-state index < -0.39 is 0 Å². The molecular formula is C9H12N4OS. The van der Waals surface area contributed by atoms with Gasteiger partial charge in [0.25, 0.3) is 0 Å². The summed E-state index contributed by atoms with van der Waals surface area (Å²) in [6, 6.07) is -0.163. The summed E-state index contributed by atoms with van der Waals surface area (Å²) in [5.41, 5.74) is 7.60. The van der Waals surface area contributed by atoms with E-state index in [0.717, 1.165) is 17.7 Å². The minimum absolute atomic E-state index is 0.163. The van der Waals surface area contributed by atoms with Gasteiger partial charge in [0.15, 0.2) is 0 Å². The van der Waals surface area contributed by atoms with Crippen molar-refractivity contribution in [3.8, 4) is 10.7 Å². The van der Waals surface area contributed by atoms with E-state index in [4.69, 9.17) is 10.3 Å². The second-order valence-electron chi connectivity index (χ2n) is 3.22. The third-order valence-electron chi connectivity index (χ3n) is 2.01. The van der Waals surface area contributed by atoms with E-state index in [1.807, 2.05) is 0 Å². The lowest BCUT2D eigenvalue weighted by Gasteiger charge is -2.01. The number of thiazole rings is 1. The van der Waals surface area contributed by atoms with E-state index in [1.54, 1.807) is 11.7 Å². The molecule has 1 unspecified atom stereocenters. The van der Waals surface area contributed by atoms with E-state index in [0.29, 0.717) is 11.7 Å². The van der Waals surface area contributed by atoms with Crippen LogP contribution in [0.15, 0.2) is 16.2 Å². The van der Waals surface area contributed by atoms with Crippen molar-refractivity contribution >= 4 is 11.3 Å². The molecule has 0 saturated heterocycles. The largest absolute Gasteiger partial charge is 0.337 e. The van der Waals surface area contributed by atoms with Crippen LogP contribution in [0.5, 0.6) is 0 Å². The van der Waals surface area contributed by atoms with Crippen LogP contribution < -0.4 is 5.73 Å². The molecular weight excluding hydrogens is 212 g/mol. The molecule has 0 bridgehead atoms. The van der Waals surface area contributed by atoms with E-state index in [1.165, 1.54) is 11.3 Å². The Kier molecular flexibility index (Phi) is 3.08. The maximum atomic E-state index is 5.86. The van der Waals surface area contributed by atoms with Crippen molar-refractivity contribution in [2.75, 3.05) is 0 Å². The van der Waals surface area contributed by atoms with Crippen LogP contribution in [0.2, 0.25) is 0 Å². The summed E-state index contributed by atoms with van der Waals surface area (Å²) in [6.07, 6.45) is 3.56. The fourth-order valence-electron chi connectivity index (χ4n) is 1.25. The number of rotatable bonds is 4. The van der Waals surface area contributed by atoms with E-state index in [9.17, 15) is 0 Å². The Bertz CT molecular complexity index is 411. The highest BCUT2D eigenvalue weighted by molar-refractivity contribution is 7.13. The fraction of sp³-hybridized carbons (Fsp3) is 0.444. The summed E-state index contributed by atoms with van der Waals surface area (Å²) >= 11 is 1.48. The molecule has 2 heterocycles. The summed E-state index contributed by atoms with van der Waals surface area (Å²) in [7, 11) is 0. The molecule has 2 aromatic heterocycles. The second-order valence-corrected chi connectivity index (χ2v) is 4.10. The van der Waals surface area contributed by atoms with Gasteiger partial charge in [0.1, 0.15) is 0 Å². The van der Waals surface area contributed by atoms with Crippen LogP contribution in [-0.4, -0.2) is 15.1 Å². The Morgan fingerprint density at radius 1 is 1.60 bits per heavy atom. The zero-order chi connectivity index (χ0) is 10.7. The molecule has 0 radical (unpaired) electrons. The quantitative estimate of drug-likeness (QED) is 0.859. The zero-order valence-electron chi connectivity index (χ0n) is 8.38. The molecule has 2 rings (SSSR count). The number of nitrogens with zero attached hydrogens (tertiary/aromatic N) is 3. The highest BCUT2D eigenvalue weighted by atomic mass is 32.1. The Morgan fingerprint density at radius 2 is 2.47 bits per heavy atom. The van der Waals surface area contributed by atoms with Crippen LogP contribution in [0, 0.1) is 0 Å². The van der Waals surface area contributed by atoms with Gasteiger partial charge in [-0.25, -0.2) is 0 Å². The number of aromatic nitrogens is 3. The van der Waals surface area contributed by atoms with Gasteiger partial charge in [0.2, 0.25) is 11.7 Å². The highest BCUT2D eigenvalue weighted by Gasteiger charge is 2.15. The van der Waals surface area contributed by atoms with Crippen molar-refractivity contribution in [3.05, 3.63) is 17.6 Å². The second kappa shape index (κ2) is 4.50. The van der Waals surface area contributed by atoms with Gasteiger partial charge in [0, 0.05) is 6.20 Å². The predicted molar refractivity (Wildman–Crippen MR) is 57.2 cm³/mol. The molecule has 0 aliphatic heterocycles. The van der Waals surface area contributed by atoms with Crippen LogP contribution in [0.4, 0.5) is 0 Å². The van der Waals surface area contributed by atoms with Crippen molar-refractivity contribution in [1.29, 1.82) is 0 Å².